The topological polar surface area (TPSA) is 91.5 Å². The molecule has 106 valence electrons. The molecule has 1 aliphatic rings. The van der Waals surface area contributed by atoms with Crippen LogP contribution in [0, 0.1) is 0 Å². The van der Waals surface area contributed by atoms with Gasteiger partial charge in [0.15, 0.2) is 5.13 Å². The van der Waals surface area contributed by atoms with Crippen molar-refractivity contribution in [2.24, 2.45) is 5.73 Å². The number of nitrogens with zero attached hydrogens (tertiary/aromatic N) is 2. The van der Waals surface area contributed by atoms with E-state index in [0.29, 0.717) is 5.69 Å². The van der Waals surface area contributed by atoms with Gasteiger partial charge in [-0.15, -0.1) is 11.3 Å². The molecule has 1 aromatic rings. The second-order valence-corrected chi connectivity index (χ2v) is 5.80. The van der Waals surface area contributed by atoms with Crippen LogP contribution in [0.15, 0.2) is 5.38 Å². The highest BCUT2D eigenvalue weighted by atomic mass is 32.1. The van der Waals surface area contributed by atoms with Crippen LogP contribution in [-0.4, -0.2) is 46.6 Å². The standard InChI is InChI=1S/C12H20N4O2S/c1-8(6-16-4-2-3-5-16)14-12-15-9(7-19-12)10(13)11(17)18/h7-8,10H,2-6,13H2,1H3,(H,14,15)(H,17,18). The molecule has 6 nitrogen and oxygen atoms in total. The first-order valence-electron chi connectivity index (χ1n) is 6.49. The lowest BCUT2D eigenvalue weighted by atomic mass is 10.2. The maximum Gasteiger partial charge on any atom is 0.326 e. The van der Waals surface area contributed by atoms with Crippen LogP contribution in [0.1, 0.15) is 31.5 Å². The Morgan fingerprint density at radius 2 is 2.32 bits per heavy atom. The number of hydrogen-bond acceptors (Lipinski definition) is 6. The maximum atomic E-state index is 10.8. The van der Waals surface area contributed by atoms with Crippen LogP contribution in [-0.2, 0) is 4.79 Å². The van der Waals surface area contributed by atoms with Gasteiger partial charge in [0.2, 0.25) is 0 Å². The molecule has 0 aliphatic carbocycles. The van der Waals surface area contributed by atoms with Crippen molar-refractivity contribution >= 4 is 22.4 Å². The number of rotatable bonds is 6. The molecule has 7 heteroatoms. The Hall–Kier alpha value is -1.18. The van der Waals surface area contributed by atoms with E-state index >= 15 is 0 Å². The summed E-state index contributed by atoms with van der Waals surface area (Å²) < 4.78 is 0. The van der Waals surface area contributed by atoms with Gasteiger partial charge in [0, 0.05) is 18.0 Å². The molecule has 0 aromatic carbocycles. The third-order valence-corrected chi connectivity index (χ3v) is 4.00. The molecular weight excluding hydrogens is 264 g/mol. The molecule has 0 bridgehead atoms. The maximum absolute atomic E-state index is 10.8. The molecule has 2 unspecified atom stereocenters. The van der Waals surface area contributed by atoms with Crippen LogP contribution < -0.4 is 11.1 Å². The minimum absolute atomic E-state index is 0.290. The van der Waals surface area contributed by atoms with Crippen molar-refractivity contribution < 1.29 is 9.90 Å². The molecule has 1 aromatic heterocycles. The normalized spacial score (nSPS) is 19.3. The Balaban J connectivity index is 1.86. The molecule has 0 radical (unpaired) electrons. The van der Waals surface area contributed by atoms with Crippen LogP contribution in [0.25, 0.3) is 0 Å². The Labute approximate surface area is 116 Å². The first-order valence-corrected chi connectivity index (χ1v) is 7.37. The van der Waals surface area contributed by atoms with E-state index in [-0.39, 0.29) is 6.04 Å². The van der Waals surface area contributed by atoms with Crippen molar-refractivity contribution in [2.75, 3.05) is 25.0 Å². The highest BCUT2D eigenvalue weighted by Gasteiger charge is 2.19. The number of aromatic nitrogens is 1. The average molecular weight is 284 g/mol. The number of likely N-dealkylation sites (tertiary alicyclic amines) is 1. The van der Waals surface area contributed by atoms with Crippen LogP contribution in [0.4, 0.5) is 5.13 Å². The zero-order valence-corrected chi connectivity index (χ0v) is 11.8. The van der Waals surface area contributed by atoms with Crippen LogP contribution in [0.2, 0.25) is 0 Å². The molecule has 4 N–H and O–H groups in total. The van der Waals surface area contributed by atoms with Crippen LogP contribution in [0.5, 0.6) is 0 Å². The van der Waals surface area contributed by atoms with Crippen LogP contribution >= 0.6 is 11.3 Å². The van der Waals surface area contributed by atoms with E-state index in [0.717, 1.165) is 11.7 Å². The zero-order valence-electron chi connectivity index (χ0n) is 11.0. The number of anilines is 1. The first kappa shape index (κ1) is 14.2. The van der Waals surface area contributed by atoms with E-state index in [2.05, 4.69) is 22.1 Å². The van der Waals surface area contributed by atoms with E-state index in [9.17, 15) is 4.79 Å². The first-order chi connectivity index (χ1) is 9.06. The molecule has 1 aliphatic heterocycles. The van der Waals surface area contributed by atoms with E-state index < -0.39 is 12.0 Å². The quantitative estimate of drug-likeness (QED) is 0.725. The summed E-state index contributed by atoms with van der Waals surface area (Å²) in [5, 5.41) is 14.6. The summed E-state index contributed by atoms with van der Waals surface area (Å²) in [5.41, 5.74) is 5.93. The van der Waals surface area contributed by atoms with E-state index in [4.69, 9.17) is 10.8 Å². The number of aliphatic carboxylic acids is 1. The number of carbonyl (C=O) groups is 1. The second-order valence-electron chi connectivity index (χ2n) is 4.95. The van der Waals surface area contributed by atoms with Gasteiger partial charge in [0.25, 0.3) is 0 Å². The predicted molar refractivity (Wildman–Crippen MR) is 75.4 cm³/mol. The zero-order chi connectivity index (χ0) is 13.8. The third kappa shape index (κ3) is 3.89. The number of nitrogens with two attached hydrogens (primary N) is 1. The van der Waals surface area contributed by atoms with Gasteiger partial charge in [-0.3, -0.25) is 4.79 Å². The molecule has 2 rings (SSSR count). The van der Waals surface area contributed by atoms with E-state index in [1.54, 1.807) is 5.38 Å². The van der Waals surface area contributed by atoms with Crippen molar-refractivity contribution in [2.45, 2.75) is 31.8 Å². The average Bonchev–Trinajstić information content (AvgIpc) is 2.99. The molecule has 0 amide bonds. The summed E-state index contributed by atoms with van der Waals surface area (Å²) in [7, 11) is 0. The van der Waals surface area contributed by atoms with E-state index in [1.807, 2.05) is 0 Å². The van der Waals surface area contributed by atoms with Crippen molar-refractivity contribution in [3.8, 4) is 0 Å². The summed E-state index contributed by atoms with van der Waals surface area (Å²) >= 11 is 1.40. The van der Waals surface area contributed by atoms with Gasteiger partial charge < -0.3 is 21.1 Å². The van der Waals surface area contributed by atoms with Crippen LogP contribution in [0.3, 0.4) is 0 Å². The van der Waals surface area contributed by atoms with Crippen molar-refractivity contribution in [1.82, 2.24) is 9.88 Å². The lowest BCUT2D eigenvalue weighted by Crippen LogP contribution is -2.33. The lowest BCUT2D eigenvalue weighted by Gasteiger charge is -2.20. The Bertz CT molecular complexity index is 431. The number of nitrogens with one attached hydrogen (secondary N) is 1. The predicted octanol–water partition coefficient (Wildman–Crippen LogP) is 1.12. The molecule has 0 spiro atoms. The fourth-order valence-corrected chi connectivity index (χ4v) is 3.09. The summed E-state index contributed by atoms with van der Waals surface area (Å²) in [6.45, 7) is 5.43. The SMILES string of the molecule is CC(CN1CCCC1)Nc1nc(C(N)C(=O)O)cs1. The van der Waals surface area contributed by atoms with Crippen molar-refractivity contribution in [3.05, 3.63) is 11.1 Å². The van der Waals surface area contributed by atoms with Crippen molar-refractivity contribution in [1.29, 1.82) is 0 Å². The third-order valence-electron chi connectivity index (χ3n) is 3.21. The van der Waals surface area contributed by atoms with Gasteiger partial charge in [0.1, 0.15) is 6.04 Å². The molecule has 2 heterocycles. The highest BCUT2D eigenvalue weighted by Crippen LogP contribution is 2.20. The minimum atomic E-state index is -1.05. The Morgan fingerprint density at radius 3 is 2.95 bits per heavy atom. The molecule has 2 atom stereocenters. The lowest BCUT2D eigenvalue weighted by molar-refractivity contribution is -0.138. The largest absolute Gasteiger partial charge is 0.480 e. The Morgan fingerprint density at radius 1 is 1.63 bits per heavy atom. The van der Waals surface area contributed by atoms with E-state index in [1.165, 1.54) is 37.3 Å². The van der Waals surface area contributed by atoms with Gasteiger partial charge in [-0.05, 0) is 32.9 Å². The summed E-state index contributed by atoms with van der Waals surface area (Å²) in [6.07, 6.45) is 2.56. The van der Waals surface area contributed by atoms with Gasteiger partial charge in [0.05, 0.1) is 5.69 Å². The molecule has 1 fully saturated rings. The van der Waals surface area contributed by atoms with Gasteiger partial charge in [-0.1, -0.05) is 0 Å². The second kappa shape index (κ2) is 6.31. The Kier molecular flexibility index (Phi) is 4.73. The highest BCUT2D eigenvalue weighted by molar-refractivity contribution is 7.13. The van der Waals surface area contributed by atoms with Gasteiger partial charge in [-0.2, -0.15) is 0 Å². The number of thiazole rings is 1. The van der Waals surface area contributed by atoms with Gasteiger partial charge >= 0.3 is 5.97 Å². The molecule has 0 saturated carbocycles. The monoisotopic (exact) mass is 284 g/mol. The minimum Gasteiger partial charge on any atom is -0.480 e. The molecule has 1 saturated heterocycles. The number of carboxylic acids is 1. The summed E-state index contributed by atoms with van der Waals surface area (Å²) in [4.78, 5) is 17.4. The smallest absolute Gasteiger partial charge is 0.326 e. The number of hydrogen-bond donors (Lipinski definition) is 3. The summed E-state index contributed by atoms with van der Waals surface area (Å²) in [6, 6.07) is -0.751. The molecular formula is C12H20N4O2S. The fourth-order valence-electron chi connectivity index (χ4n) is 2.23. The van der Waals surface area contributed by atoms with Crippen molar-refractivity contribution in [3.63, 3.8) is 0 Å². The fraction of sp³-hybridized carbons (Fsp3) is 0.667. The number of carboxylic acid groups (broad SMARTS) is 1. The molecule has 19 heavy (non-hydrogen) atoms. The summed E-state index contributed by atoms with van der Waals surface area (Å²) in [5.74, 6) is -1.05. The van der Waals surface area contributed by atoms with Gasteiger partial charge in [-0.25, -0.2) is 4.98 Å².